The Kier molecular flexibility index (Phi) is 3.04. The van der Waals surface area contributed by atoms with E-state index in [1.54, 1.807) is 0 Å². The molecule has 0 aromatic heterocycles. The van der Waals surface area contributed by atoms with E-state index in [1.807, 2.05) is 6.07 Å². The van der Waals surface area contributed by atoms with E-state index in [4.69, 9.17) is 4.74 Å². The van der Waals surface area contributed by atoms with E-state index in [9.17, 15) is 0 Å². The number of nitrogens with one attached hydrogen (secondary N) is 1. The molecule has 0 spiro atoms. The van der Waals surface area contributed by atoms with Gasteiger partial charge in [-0.2, -0.15) is 0 Å². The van der Waals surface area contributed by atoms with Gasteiger partial charge in [-0.3, -0.25) is 0 Å². The summed E-state index contributed by atoms with van der Waals surface area (Å²) < 4.78 is 5.72. The third-order valence-corrected chi connectivity index (χ3v) is 2.30. The first-order valence-electron chi connectivity index (χ1n) is 5.35. The van der Waals surface area contributed by atoms with Gasteiger partial charge in [0.05, 0.1) is 6.10 Å². The molecule has 0 bridgehead atoms. The monoisotopic (exact) mass is 191 g/mol. The topological polar surface area (TPSA) is 21.3 Å². The maximum Gasteiger partial charge on any atom is 0.120 e. The van der Waals surface area contributed by atoms with Crippen LogP contribution in [0, 0.1) is 0 Å². The summed E-state index contributed by atoms with van der Waals surface area (Å²) in [6, 6.07) is 8.35. The minimum absolute atomic E-state index is 0.490. The second-order valence-corrected chi connectivity index (χ2v) is 3.74. The van der Waals surface area contributed by atoms with E-state index in [2.05, 4.69) is 30.4 Å². The first-order chi connectivity index (χ1) is 6.88. The standard InChI is InChI=1S/C12H17NO/c1-2-13-9-10-4-3-5-12(8-10)14-11-6-7-11/h3-5,8,11,13H,2,6-7,9H2,1H3. The Morgan fingerprint density at radius 3 is 3.00 bits per heavy atom. The highest BCUT2D eigenvalue weighted by molar-refractivity contribution is 5.28. The SMILES string of the molecule is CCNCc1cccc(OC2CC2)c1. The molecule has 1 fully saturated rings. The molecule has 0 atom stereocenters. The Morgan fingerprint density at radius 1 is 1.43 bits per heavy atom. The zero-order valence-corrected chi connectivity index (χ0v) is 8.62. The predicted molar refractivity (Wildman–Crippen MR) is 57.5 cm³/mol. The third-order valence-electron chi connectivity index (χ3n) is 2.30. The van der Waals surface area contributed by atoms with Gasteiger partial charge in [-0.15, -0.1) is 0 Å². The van der Waals surface area contributed by atoms with Crippen LogP contribution in [0.3, 0.4) is 0 Å². The first-order valence-corrected chi connectivity index (χ1v) is 5.35. The summed E-state index contributed by atoms with van der Waals surface area (Å²) in [5.41, 5.74) is 1.30. The largest absolute Gasteiger partial charge is 0.490 e. The summed E-state index contributed by atoms with van der Waals surface area (Å²) in [5.74, 6) is 1.02. The summed E-state index contributed by atoms with van der Waals surface area (Å²) in [7, 11) is 0. The lowest BCUT2D eigenvalue weighted by molar-refractivity contribution is 0.303. The summed E-state index contributed by atoms with van der Waals surface area (Å²) >= 11 is 0. The van der Waals surface area contributed by atoms with Gasteiger partial charge in [0, 0.05) is 6.54 Å². The van der Waals surface area contributed by atoms with Gasteiger partial charge < -0.3 is 10.1 Å². The molecule has 0 amide bonds. The van der Waals surface area contributed by atoms with Gasteiger partial charge in [0.1, 0.15) is 5.75 Å². The van der Waals surface area contributed by atoms with Crippen molar-refractivity contribution in [3.63, 3.8) is 0 Å². The lowest BCUT2D eigenvalue weighted by Gasteiger charge is -2.06. The van der Waals surface area contributed by atoms with Crippen molar-refractivity contribution in [2.75, 3.05) is 6.54 Å². The summed E-state index contributed by atoms with van der Waals surface area (Å²) in [5, 5.41) is 3.31. The highest BCUT2D eigenvalue weighted by Gasteiger charge is 2.23. The van der Waals surface area contributed by atoms with Crippen molar-refractivity contribution in [2.45, 2.75) is 32.4 Å². The van der Waals surface area contributed by atoms with Crippen LogP contribution < -0.4 is 10.1 Å². The molecule has 76 valence electrons. The van der Waals surface area contributed by atoms with Crippen LogP contribution in [0.25, 0.3) is 0 Å². The summed E-state index contributed by atoms with van der Waals surface area (Å²) in [6.07, 6.45) is 2.93. The van der Waals surface area contributed by atoms with Crippen molar-refractivity contribution >= 4 is 0 Å². The molecule has 1 aliphatic rings. The molecule has 1 aromatic carbocycles. The van der Waals surface area contributed by atoms with E-state index in [-0.39, 0.29) is 0 Å². The summed E-state index contributed by atoms with van der Waals surface area (Å²) in [4.78, 5) is 0. The van der Waals surface area contributed by atoms with Crippen LogP contribution in [0.5, 0.6) is 5.75 Å². The molecule has 0 radical (unpaired) electrons. The molecule has 0 aliphatic heterocycles. The molecule has 2 nitrogen and oxygen atoms in total. The van der Waals surface area contributed by atoms with Crippen molar-refractivity contribution in [1.29, 1.82) is 0 Å². The van der Waals surface area contributed by atoms with E-state index in [1.165, 1.54) is 18.4 Å². The number of hydrogen-bond acceptors (Lipinski definition) is 2. The molecule has 1 aromatic rings. The van der Waals surface area contributed by atoms with Crippen molar-refractivity contribution in [2.24, 2.45) is 0 Å². The third kappa shape index (κ3) is 2.74. The van der Waals surface area contributed by atoms with Crippen molar-refractivity contribution in [3.05, 3.63) is 29.8 Å². The molecular formula is C12H17NO. The van der Waals surface area contributed by atoms with Gasteiger partial charge >= 0.3 is 0 Å². The molecule has 1 aliphatic carbocycles. The molecule has 2 heteroatoms. The molecule has 0 heterocycles. The molecule has 2 rings (SSSR count). The minimum atomic E-state index is 0.490. The Labute approximate surface area is 85.3 Å². The van der Waals surface area contributed by atoms with Gasteiger partial charge in [-0.25, -0.2) is 0 Å². The van der Waals surface area contributed by atoms with E-state index >= 15 is 0 Å². The molecular weight excluding hydrogens is 174 g/mol. The fraction of sp³-hybridized carbons (Fsp3) is 0.500. The van der Waals surface area contributed by atoms with Gasteiger partial charge in [0.2, 0.25) is 0 Å². The Balaban J connectivity index is 1.94. The van der Waals surface area contributed by atoms with Gasteiger partial charge in [0.25, 0.3) is 0 Å². The van der Waals surface area contributed by atoms with Crippen LogP contribution in [0.1, 0.15) is 25.3 Å². The quantitative estimate of drug-likeness (QED) is 0.771. The van der Waals surface area contributed by atoms with Crippen LogP contribution in [0.4, 0.5) is 0 Å². The second kappa shape index (κ2) is 4.47. The Hall–Kier alpha value is -1.02. The Morgan fingerprint density at radius 2 is 2.29 bits per heavy atom. The molecule has 1 saturated carbocycles. The van der Waals surface area contributed by atoms with Crippen LogP contribution in [-0.2, 0) is 6.54 Å². The second-order valence-electron chi connectivity index (χ2n) is 3.74. The Bertz CT molecular complexity index is 294. The minimum Gasteiger partial charge on any atom is -0.490 e. The van der Waals surface area contributed by atoms with Crippen molar-refractivity contribution < 1.29 is 4.74 Å². The average molecular weight is 191 g/mol. The van der Waals surface area contributed by atoms with Crippen molar-refractivity contribution in [3.8, 4) is 5.75 Å². The molecule has 0 saturated heterocycles. The van der Waals surface area contributed by atoms with Crippen LogP contribution >= 0.6 is 0 Å². The maximum absolute atomic E-state index is 5.72. The van der Waals surface area contributed by atoms with Crippen molar-refractivity contribution in [1.82, 2.24) is 5.32 Å². The predicted octanol–water partition coefficient (Wildman–Crippen LogP) is 2.34. The van der Waals surface area contributed by atoms with Gasteiger partial charge in [-0.05, 0) is 37.1 Å². The summed E-state index contributed by atoms with van der Waals surface area (Å²) in [6.45, 7) is 4.05. The lowest BCUT2D eigenvalue weighted by atomic mass is 10.2. The number of rotatable bonds is 5. The van der Waals surface area contributed by atoms with Gasteiger partial charge in [0.15, 0.2) is 0 Å². The average Bonchev–Trinajstić information content (AvgIpc) is 2.99. The molecule has 0 unspecified atom stereocenters. The van der Waals surface area contributed by atoms with E-state index in [0.717, 1.165) is 18.8 Å². The zero-order valence-electron chi connectivity index (χ0n) is 8.62. The smallest absolute Gasteiger partial charge is 0.120 e. The fourth-order valence-corrected chi connectivity index (χ4v) is 1.38. The van der Waals surface area contributed by atoms with Crippen LogP contribution in [0.2, 0.25) is 0 Å². The maximum atomic E-state index is 5.72. The molecule has 14 heavy (non-hydrogen) atoms. The van der Waals surface area contributed by atoms with Crippen LogP contribution in [-0.4, -0.2) is 12.6 Å². The number of ether oxygens (including phenoxy) is 1. The number of hydrogen-bond donors (Lipinski definition) is 1. The highest BCUT2D eigenvalue weighted by Crippen LogP contribution is 2.26. The fourth-order valence-electron chi connectivity index (χ4n) is 1.38. The zero-order chi connectivity index (χ0) is 9.80. The van der Waals surface area contributed by atoms with E-state index in [0.29, 0.717) is 6.10 Å². The lowest BCUT2D eigenvalue weighted by Crippen LogP contribution is -2.11. The first kappa shape index (κ1) is 9.53. The normalized spacial score (nSPS) is 15.5. The van der Waals surface area contributed by atoms with Crippen LogP contribution in [0.15, 0.2) is 24.3 Å². The molecule has 1 N–H and O–H groups in total. The number of benzene rings is 1. The van der Waals surface area contributed by atoms with E-state index < -0.39 is 0 Å². The van der Waals surface area contributed by atoms with Gasteiger partial charge in [-0.1, -0.05) is 19.1 Å². The highest BCUT2D eigenvalue weighted by atomic mass is 16.5.